The highest BCUT2D eigenvalue weighted by molar-refractivity contribution is 6.07. The van der Waals surface area contributed by atoms with Crippen LogP contribution >= 0.6 is 0 Å². The molecule has 4 nitrogen and oxygen atoms in total. The van der Waals surface area contributed by atoms with Crippen molar-refractivity contribution in [2.45, 2.75) is 13.5 Å². The lowest BCUT2D eigenvalue weighted by Gasteiger charge is -2.11. The van der Waals surface area contributed by atoms with Gasteiger partial charge in [0.05, 0.1) is 29.6 Å². The predicted molar refractivity (Wildman–Crippen MR) is 102 cm³/mol. The van der Waals surface area contributed by atoms with E-state index in [0.717, 1.165) is 33.5 Å². The van der Waals surface area contributed by atoms with Crippen molar-refractivity contribution in [1.82, 2.24) is 10.3 Å². The van der Waals surface area contributed by atoms with Gasteiger partial charge in [-0.1, -0.05) is 42.0 Å². The Morgan fingerprint density at radius 2 is 1.88 bits per heavy atom. The molecule has 0 aliphatic rings. The number of nitrogens with zero attached hydrogens (tertiary/aromatic N) is 1. The highest BCUT2D eigenvalue weighted by Gasteiger charge is 2.14. The molecule has 2 heterocycles. The minimum atomic E-state index is -0.142. The van der Waals surface area contributed by atoms with Crippen LogP contribution in [0, 0.1) is 6.92 Å². The van der Waals surface area contributed by atoms with Crippen LogP contribution in [0.1, 0.15) is 21.7 Å². The topological polar surface area (TPSA) is 55.1 Å². The molecule has 4 aromatic rings. The normalized spacial score (nSPS) is 10.8. The maximum atomic E-state index is 12.9. The van der Waals surface area contributed by atoms with Gasteiger partial charge in [0.2, 0.25) is 0 Å². The fourth-order valence-corrected chi connectivity index (χ4v) is 2.96. The number of furan rings is 1. The number of hydrogen-bond donors (Lipinski definition) is 1. The molecule has 26 heavy (non-hydrogen) atoms. The first-order valence-corrected chi connectivity index (χ1v) is 8.48. The molecule has 0 radical (unpaired) electrons. The van der Waals surface area contributed by atoms with Gasteiger partial charge < -0.3 is 9.73 Å². The third-order valence-corrected chi connectivity index (χ3v) is 4.28. The third kappa shape index (κ3) is 3.22. The molecule has 0 unspecified atom stereocenters. The molecule has 0 spiro atoms. The van der Waals surface area contributed by atoms with Gasteiger partial charge in [-0.15, -0.1) is 0 Å². The lowest BCUT2D eigenvalue weighted by Crippen LogP contribution is -2.23. The van der Waals surface area contributed by atoms with Crippen LogP contribution in [0.5, 0.6) is 0 Å². The van der Waals surface area contributed by atoms with Gasteiger partial charge >= 0.3 is 0 Å². The fraction of sp³-hybridized carbons (Fsp3) is 0.0909. The zero-order chi connectivity index (χ0) is 17.9. The number of aromatic nitrogens is 1. The first-order valence-electron chi connectivity index (χ1n) is 8.48. The fourth-order valence-electron chi connectivity index (χ4n) is 2.96. The minimum Gasteiger partial charge on any atom is -0.467 e. The van der Waals surface area contributed by atoms with Crippen LogP contribution in [0.3, 0.4) is 0 Å². The number of benzene rings is 2. The Bertz CT molecular complexity index is 1050. The highest BCUT2D eigenvalue weighted by atomic mass is 16.3. The molecule has 128 valence electrons. The van der Waals surface area contributed by atoms with E-state index in [9.17, 15) is 4.79 Å². The predicted octanol–water partition coefficient (Wildman–Crippen LogP) is 4.73. The van der Waals surface area contributed by atoms with Crippen molar-refractivity contribution in [3.05, 3.63) is 89.9 Å². The second-order valence-corrected chi connectivity index (χ2v) is 6.20. The Morgan fingerprint density at radius 1 is 1.04 bits per heavy atom. The van der Waals surface area contributed by atoms with Crippen LogP contribution in [-0.2, 0) is 6.54 Å². The van der Waals surface area contributed by atoms with Crippen molar-refractivity contribution in [1.29, 1.82) is 0 Å². The molecule has 2 aromatic heterocycles. The van der Waals surface area contributed by atoms with Crippen LogP contribution < -0.4 is 5.32 Å². The van der Waals surface area contributed by atoms with Gasteiger partial charge in [0.1, 0.15) is 5.76 Å². The largest absolute Gasteiger partial charge is 0.467 e. The van der Waals surface area contributed by atoms with Crippen LogP contribution in [0.2, 0.25) is 0 Å². The van der Waals surface area contributed by atoms with E-state index >= 15 is 0 Å². The van der Waals surface area contributed by atoms with Crippen molar-refractivity contribution in [2.24, 2.45) is 0 Å². The molecule has 0 aliphatic heterocycles. The Kier molecular flexibility index (Phi) is 4.23. The zero-order valence-electron chi connectivity index (χ0n) is 14.4. The van der Waals surface area contributed by atoms with Gasteiger partial charge in [-0.25, -0.2) is 4.98 Å². The number of amides is 1. The Hall–Kier alpha value is -3.40. The number of fused-ring (bicyclic) bond motifs is 1. The van der Waals surface area contributed by atoms with E-state index in [2.05, 4.69) is 5.32 Å². The first-order chi connectivity index (χ1) is 12.7. The standard InChI is InChI=1S/C22H18N2O2/c1-15-9-10-20-18(12-15)19(22(25)23-14-17-8-5-11-26-17)13-21(24-20)16-6-3-2-4-7-16/h2-13H,14H2,1H3,(H,23,25). The summed E-state index contributed by atoms with van der Waals surface area (Å²) in [5.41, 5.74) is 4.27. The maximum absolute atomic E-state index is 12.9. The molecular weight excluding hydrogens is 324 g/mol. The summed E-state index contributed by atoms with van der Waals surface area (Å²) >= 11 is 0. The average molecular weight is 342 g/mol. The van der Waals surface area contributed by atoms with Gasteiger partial charge in [0, 0.05) is 10.9 Å². The quantitative estimate of drug-likeness (QED) is 0.583. The van der Waals surface area contributed by atoms with E-state index in [4.69, 9.17) is 9.40 Å². The maximum Gasteiger partial charge on any atom is 0.252 e. The number of carbonyl (C=O) groups is 1. The number of carbonyl (C=O) groups excluding carboxylic acids is 1. The van der Waals surface area contributed by atoms with Gasteiger partial charge in [0.25, 0.3) is 5.91 Å². The number of aryl methyl sites for hydroxylation is 1. The van der Waals surface area contributed by atoms with E-state index < -0.39 is 0 Å². The lowest BCUT2D eigenvalue weighted by molar-refractivity contribution is 0.0949. The summed E-state index contributed by atoms with van der Waals surface area (Å²) in [4.78, 5) is 17.6. The lowest BCUT2D eigenvalue weighted by atomic mass is 10.0. The smallest absolute Gasteiger partial charge is 0.252 e. The molecule has 1 amide bonds. The second kappa shape index (κ2) is 6.84. The number of nitrogens with one attached hydrogen (secondary N) is 1. The van der Waals surface area contributed by atoms with Crippen molar-refractivity contribution in [2.75, 3.05) is 0 Å². The molecule has 0 saturated carbocycles. The first kappa shape index (κ1) is 16.1. The molecule has 0 atom stereocenters. The SMILES string of the molecule is Cc1ccc2nc(-c3ccccc3)cc(C(=O)NCc3ccco3)c2c1. The van der Waals surface area contributed by atoms with E-state index in [1.54, 1.807) is 12.3 Å². The highest BCUT2D eigenvalue weighted by Crippen LogP contribution is 2.25. The number of rotatable bonds is 4. The molecule has 0 aliphatic carbocycles. The molecule has 2 aromatic carbocycles. The minimum absolute atomic E-state index is 0.142. The van der Waals surface area contributed by atoms with Crippen LogP contribution in [-0.4, -0.2) is 10.9 Å². The van der Waals surface area contributed by atoms with Gasteiger partial charge in [-0.3, -0.25) is 4.79 Å². The summed E-state index contributed by atoms with van der Waals surface area (Å²) in [7, 11) is 0. The summed E-state index contributed by atoms with van der Waals surface area (Å²) in [6, 6.07) is 21.3. The summed E-state index contributed by atoms with van der Waals surface area (Å²) in [5, 5.41) is 3.78. The van der Waals surface area contributed by atoms with E-state index in [-0.39, 0.29) is 5.91 Å². The Labute approximate surface area is 151 Å². The van der Waals surface area contributed by atoms with Crippen LogP contribution in [0.4, 0.5) is 0 Å². The zero-order valence-corrected chi connectivity index (χ0v) is 14.4. The van der Waals surface area contributed by atoms with E-state index in [0.29, 0.717) is 12.1 Å². The summed E-state index contributed by atoms with van der Waals surface area (Å²) in [6.45, 7) is 2.36. The third-order valence-electron chi connectivity index (χ3n) is 4.28. The summed E-state index contributed by atoms with van der Waals surface area (Å²) in [6.07, 6.45) is 1.60. The van der Waals surface area contributed by atoms with E-state index in [1.165, 1.54) is 0 Å². The molecule has 0 fully saturated rings. The second-order valence-electron chi connectivity index (χ2n) is 6.20. The van der Waals surface area contributed by atoms with Gasteiger partial charge in [-0.2, -0.15) is 0 Å². The Balaban J connectivity index is 1.77. The molecular formula is C22H18N2O2. The molecule has 4 rings (SSSR count). The molecule has 1 N–H and O–H groups in total. The summed E-state index contributed by atoms with van der Waals surface area (Å²) in [5.74, 6) is 0.577. The van der Waals surface area contributed by atoms with Crippen molar-refractivity contribution < 1.29 is 9.21 Å². The van der Waals surface area contributed by atoms with E-state index in [1.807, 2.05) is 67.6 Å². The number of hydrogen-bond acceptors (Lipinski definition) is 3. The van der Waals surface area contributed by atoms with Crippen LogP contribution in [0.25, 0.3) is 22.2 Å². The van der Waals surface area contributed by atoms with Crippen LogP contribution in [0.15, 0.2) is 77.4 Å². The number of pyridine rings is 1. The van der Waals surface area contributed by atoms with Crippen molar-refractivity contribution in [3.63, 3.8) is 0 Å². The van der Waals surface area contributed by atoms with Crippen molar-refractivity contribution in [3.8, 4) is 11.3 Å². The monoisotopic (exact) mass is 342 g/mol. The molecule has 0 saturated heterocycles. The summed E-state index contributed by atoms with van der Waals surface area (Å²) < 4.78 is 5.29. The molecule has 0 bridgehead atoms. The average Bonchev–Trinajstić information content (AvgIpc) is 3.19. The Morgan fingerprint density at radius 3 is 2.65 bits per heavy atom. The molecule has 4 heteroatoms. The van der Waals surface area contributed by atoms with Gasteiger partial charge in [0.15, 0.2) is 0 Å². The van der Waals surface area contributed by atoms with Gasteiger partial charge in [-0.05, 0) is 37.3 Å². The van der Waals surface area contributed by atoms with Crippen molar-refractivity contribution >= 4 is 16.8 Å².